The van der Waals surface area contributed by atoms with Gasteiger partial charge >= 0.3 is 0 Å². The first-order valence-electron chi connectivity index (χ1n) is 10.2. The molecule has 2 amide bonds. The number of halogens is 2. The first kappa shape index (κ1) is 21.4. The summed E-state index contributed by atoms with van der Waals surface area (Å²) in [5, 5.41) is 6.89. The van der Waals surface area contributed by atoms with Crippen molar-refractivity contribution < 1.29 is 9.59 Å². The summed E-state index contributed by atoms with van der Waals surface area (Å²) >= 11 is 6.41. The number of carbonyl (C=O) groups excluding carboxylic acids is 2. The van der Waals surface area contributed by atoms with Crippen molar-refractivity contribution in [1.29, 1.82) is 0 Å². The summed E-state index contributed by atoms with van der Waals surface area (Å²) in [7, 11) is 0. The van der Waals surface area contributed by atoms with Crippen molar-refractivity contribution in [3.05, 3.63) is 28.8 Å². The Balaban J connectivity index is 0.00000225. The molecular formula is C21H29Cl2N3O2. The number of nitrogens with one attached hydrogen (secondary N) is 2. The number of hydrogen-bond acceptors (Lipinski definition) is 3. The van der Waals surface area contributed by atoms with Crippen LogP contribution < -0.4 is 10.6 Å². The summed E-state index contributed by atoms with van der Waals surface area (Å²) < 4.78 is 0. The minimum Gasteiger partial charge on any atom is -0.339 e. The second-order valence-electron chi connectivity index (χ2n) is 8.23. The SMILES string of the molecule is Cl.O=C(c1ccc(NC(=O)[C@@]23CCCC[C@H]2CNC3)cc1Cl)N1CCCCC1. The first-order valence-corrected chi connectivity index (χ1v) is 10.6. The van der Waals surface area contributed by atoms with Crippen LogP contribution in [0.4, 0.5) is 5.69 Å². The number of hydrogen-bond donors (Lipinski definition) is 2. The van der Waals surface area contributed by atoms with Gasteiger partial charge in [-0.15, -0.1) is 12.4 Å². The maximum atomic E-state index is 13.1. The number of piperidine rings is 1. The van der Waals surface area contributed by atoms with Gasteiger partial charge in [-0.2, -0.15) is 0 Å². The van der Waals surface area contributed by atoms with Crippen LogP contribution in [0.25, 0.3) is 0 Å². The van der Waals surface area contributed by atoms with E-state index in [1.165, 1.54) is 12.8 Å². The van der Waals surface area contributed by atoms with Crippen LogP contribution in [-0.2, 0) is 4.79 Å². The highest BCUT2D eigenvalue weighted by Crippen LogP contribution is 2.44. The number of benzene rings is 1. The van der Waals surface area contributed by atoms with Gasteiger partial charge in [-0.3, -0.25) is 9.59 Å². The van der Waals surface area contributed by atoms with E-state index >= 15 is 0 Å². The number of likely N-dealkylation sites (tertiary alicyclic amines) is 1. The van der Waals surface area contributed by atoms with Gasteiger partial charge in [0, 0.05) is 25.3 Å². The molecule has 28 heavy (non-hydrogen) atoms. The van der Waals surface area contributed by atoms with Gasteiger partial charge in [0.15, 0.2) is 0 Å². The number of anilines is 1. The maximum Gasteiger partial charge on any atom is 0.255 e. The van der Waals surface area contributed by atoms with Crippen LogP contribution >= 0.6 is 24.0 Å². The van der Waals surface area contributed by atoms with E-state index in [0.29, 0.717) is 22.2 Å². The van der Waals surface area contributed by atoms with E-state index in [9.17, 15) is 9.59 Å². The lowest BCUT2D eigenvalue weighted by molar-refractivity contribution is -0.128. The zero-order valence-corrected chi connectivity index (χ0v) is 17.7. The molecule has 2 aliphatic heterocycles. The van der Waals surface area contributed by atoms with Gasteiger partial charge < -0.3 is 15.5 Å². The lowest BCUT2D eigenvalue weighted by Crippen LogP contribution is -2.44. The van der Waals surface area contributed by atoms with Crippen molar-refractivity contribution in [3.63, 3.8) is 0 Å². The lowest BCUT2D eigenvalue weighted by atomic mass is 9.67. The van der Waals surface area contributed by atoms with Gasteiger partial charge in [-0.1, -0.05) is 24.4 Å². The summed E-state index contributed by atoms with van der Waals surface area (Å²) in [6.07, 6.45) is 7.65. The average Bonchev–Trinajstić information content (AvgIpc) is 3.14. The molecule has 0 aromatic heterocycles. The predicted molar refractivity (Wildman–Crippen MR) is 114 cm³/mol. The Labute approximate surface area is 178 Å². The molecule has 1 aromatic rings. The van der Waals surface area contributed by atoms with Gasteiger partial charge in [0.05, 0.1) is 16.0 Å². The molecule has 0 radical (unpaired) electrons. The fraction of sp³-hybridized carbons (Fsp3) is 0.619. The number of nitrogens with zero attached hydrogens (tertiary/aromatic N) is 1. The minimum atomic E-state index is -0.299. The van der Waals surface area contributed by atoms with Crippen LogP contribution in [0.5, 0.6) is 0 Å². The molecule has 1 aliphatic carbocycles. The van der Waals surface area contributed by atoms with Gasteiger partial charge in [0.1, 0.15) is 0 Å². The minimum absolute atomic E-state index is 0. The van der Waals surface area contributed by atoms with Crippen molar-refractivity contribution in [1.82, 2.24) is 10.2 Å². The Morgan fingerprint density at radius 3 is 2.68 bits per heavy atom. The van der Waals surface area contributed by atoms with Crippen LogP contribution in [0.2, 0.25) is 5.02 Å². The van der Waals surface area contributed by atoms with Crippen LogP contribution in [-0.4, -0.2) is 42.9 Å². The number of rotatable bonds is 3. The van der Waals surface area contributed by atoms with Crippen molar-refractivity contribution in [2.75, 3.05) is 31.5 Å². The second-order valence-corrected chi connectivity index (χ2v) is 8.64. The topological polar surface area (TPSA) is 61.4 Å². The number of fused-ring (bicyclic) bond motifs is 1. The molecule has 3 fully saturated rings. The zero-order chi connectivity index (χ0) is 18.9. The molecule has 2 atom stereocenters. The fourth-order valence-electron chi connectivity index (χ4n) is 4.98. The van der Waals surface area contributed by atoms with Crippen LogP contribution in [0.1, 0.15) is 55.3 Å². The second kappa shape index (κ2) is 9.02. The van der Waals surface area contributed by atoms with Gasteiger partial charge in [0.25, 0.3) is 5.91 Å². The predicted octanol–water partition coefficient (Wildman–Crippen LogP) is 4.11. The molecule has 0 spiro atoms. The molecule has 1 aromatic carbocycles. The third kappa shape index (κ3) is 4.03. The highest BCUT2D eigenvalue weighted by Gasteiger charge is 2.49. The fourth-order valence-corrected chi connectivity index (χ4v) is 5.24. The van der Waals surface area contributed by atoms with E-state index < -0.39 is 0 Å². The first-order chi connectivity index (χ1) is 13.1. The Bertz CT molecular complexity index is 736. The highest BCUT2D eigenvalue weighted by molar-refractivity contribution is 6.34. The monoisotopic (exact) mass is 425 g/mol. The summed E-state index contributed by atoms with van der Waals surface area (Å²) in [4.78, 5) is 27.6. The maximum absolute atomic E-state index is 13.1. The molecule has 7 heteroatoms. The van der Waals surface area contributed by atoms with Gasteiger partial charge in [-0.25, -0.2) is 0 Å². The van der Waals surface area contributed by atoms with Crippen molar-refractivity contribution in [2.24, 2.45) is 11.3 Å². The highest BCUT2D eigenvalue weighted by atomic mass is 35.5. The largest absolute Gasteiger partial charge is 0.339 e. The third-order valence-electron chi connectivity index (χ3n) is 6.59. The molecule has 5 nitrogen and oxygen atoms in total. The Kier molecular flexibility index (Phi) is 6.89. The van der Waals surface area contributed by atoms with E-state index in [1.807, 2.05) is 4.90 Å². The Morgan fingerprint density at radius 2 is 1.93 bits per heavy atom. The van der Waals surface area contributed by atoms with Crippen LogP contribution in [0, 0.1) is 11.3 Å². The molecule has 0 unspecified atom stereocenters. The molecule has 2 saturated heterocycles. The smallest absolute Gasteiger partial charge is 0.255 e. The quantitative estimate of drug-likeness (QED) is 0.765. The van der Waals surface area contributed by atoms with Gasteiger partial charge in [0.2, 0.25) is 5.91 Å². The summed E-state index contributed by atoms with van der Waals surface area (Å²) in [5.74, 6) is 0.494. The molecule has 2 N–H and O–H groups in total. The Hall–Kier alpha value is -1.30. The third-order valence-corrected chi connectivity index (χ3v) is 6.90. The van der Waals surface area contributed by atoms with Crippen molar-refractivity contribution >= 4 is 41.5 Å². The molecule has 2 heterocycles. The molecule has 0 bridgehead atoms. The molecule has 154 valence electrons. The average molecular weight is 426 g/mol. The summed E-state index contributed by atoms with van der Waals surface area (Å²) in [6.45, 7) is 3.27. The Morgan fingerprint density at radius 1 is 1.14 bits per heavy atom. The molecular weight excluding hydrogens is 397 g/mol. The number of amides is 2. The van der Waals surface area contributed by atoms with Gasteiger partial charge in [-0.05, 0) is 62.8 Å². The van der Waals surface area contributed by atoms with Crippen LogP contribution in [0.15, 0.2) is 18.2 Å². The van der Waals surface area contributed by atoms with Crippen molar-refractivity contribution in [2.45, 2.75) is 44.9 Å². The van der Waals surface area contributed by atoms with E-state index in [2.05, 4.69) is 10.6 Å². The van der Waals surface area contributed by atoms with Crippen molar-refractivity contribution in [3.8, 4) is 0 Å². The molecule has 3 aliphatic rings. The van der Waals surface area contributed by atoms with E-state index in [-0.39, 0.29) is 29.6 Å². The molecule has 4 rings (SSSR count). The summed E-state index contributed by atoms with van der Waals surface area (Å²) in [5.41, 5.74) is 0.895. The summed E-state index contributed by atoms with van der Waals surface area (Å²) in [6, 6.07) is 5.27. The molecule has 1 saturated carbocycles. The van der Waals surface area contributed by atoms with E-state index in [0.717, 1.165) is 58.3 Å². The van der Waals surface area contributed by atoms with E-state index in [1.54, 1.807) is 18.2 Å². The normalized spacial score (nSPS) is 26.9. The standard InChI is InChI=1S/C21H28ClN3O2.ClH/c22-18-12-16(7-8-17(18)19(26)25-10-4-1-5-11-25)24-20(27)21-9-3-2-6-15(21)13-23-14-21;/h7-8,12,15,23H,1-6,9-11,13-14H2,(H,24,27);1H/t15-,21+;/m0./s1. The lowest BCUT2D eigenvalue weighted by Gasteiger charge is -2.37. The zero-order valence-electron chi connectivity index (χ0n) is 16.1. The number of carbonyl (C=O) groups is 2. The van der Waals surface area contributed by atoms with Crippen LogP contribution in [0.3, 0.4) is 0 Å². The van der Waals surface area contributed by atoms with E-state index in [4.69, 9.17) is 11.6 Å².